The van der Waals surface area contributed by atoms with Crippen LogP contribution in [0.25, 0.3) is 0 Å². The molecule has 1 saturated heterocycles. The molecule has 10 heteroatoms. The van der Waals surface area contributed by atoms with Crippen LogP contribution in [0.5, 0.6) is 0 Å². The van der Waals surface area contributed by atoms with E-state index in [9.17, 15) is 9.59 Å². The number of aromatic nitrogens is 1. The van der Waals surface area contributed by atoms with Crippen LogP contribution >= 0.6 is 24.0 Å². The number of piperidine rings is 1. The van der Waals surface area contributed by atoms with Crippen LogP contribution in [-0.4, -0.2) is 54.7 Å². The maximum absolute atomic E-state index is 13.0. The summed E-state index contributed by atoms with van der Waals surface area (Å²) in [4.78, 5) is 29.0. The first kappa shape index (κ1) is 29.2. The number of amides is 1. The molecule has 3 N–H and O–H groups in total. The zero-order valence-electron chi connectivity index (χ0n) is 23.5. The first-order valence-corrected chi connectivity index (χ1v) is 15.7. The van der Waals surface area contributed by atoms with E-state index < -0.39 is 0 Å². The SMILES string of the molecule is CCOCCCNC(=O)c1ccc(N2C[C@H]3C[C@@H](C2)c2cccc(=O)n2C3)c(NC(=S)Nc2cccc(SC)c2)c1. The fraction of sp³-hybridized carbons (Fsp3) is 0.387. The maximum atomic E-state index is 13.0. The fourth-order valence-electron chi connectivity index (χ4n) is 5.75. The second kappa shape index (κ2) is 13.5. The van der Waals surface area contributed by atoms with Crippen LogP contribution in [0.15, 0.2) is 70.4 Å². The van der Waals surface area contributed by atoms with E-state index in [4.69, 9.17) is 17.0 Å². The van der Waals surface area contributed by atoms with Gasteiger partial charge in [0.1, 0.15) is 0 Å². The molecule has 2 aromatic carbocycles. The molecule has 216 valence electrons. The number of thiocarbonyl (C=S) groups is 1. The third-order valence-electron chi connectivity index (χ3n) is 7.61. The van der Waals surface area contributed by atoms with Gasteiger partial charge in [-0.15, -0.1) is 11.8 Å². The highest BCUT2D eigenvalue weighted by Gasteiger charge is 2.35. The Morgan fingerprint density at radius 2 is 1.93 bits per heavy atom. The molecule has 2 aliphatic rings. The van der Waals surface area contributed by atoms with Crippen molar-refractivity contribution in [2.24, 2.45) is 5.92 Å². The zero-order valence-corrected chi connectivity index (χ0v) is 25.2. The Morgan fingerprint density at radius 3 is 2.76 bits per heavy atom. The highest BCUT2D eigenvalue weighted by atomic mass is 32.2. The smallest absolute Gasteiger partial charge is 0.251 e. The van der Waals surface area contributed by atoms with E-state index in [1.165, 1.54) is 0 Å². The number of carbonyl (C=O) groups excluding carboxylic acids is 1. The monoisotopic (exact) mass is 591 g/mol. The van der Waals surface area contributed by atoms with Crippen molar-refractivity contribution in [3.8, 4) is 0 Å². The molecular weight excluding hydrogens is 555 g/mol. The van der Waals surface area contributed by atoms with Gasteiger partial charge in [-0.25, -0.2) is 0 Å². The number of pyridine rings is 1. The number of anilines is 3. The van der Waals surface area contributed by atoms with Gasteiger partial charge in [0.15, 0.2) is 5.11 Å². The van der Waals surface area contributed by atoms with Crippen molar-refractivity contribution in [2.75, 3.05) is 54.6 Å². The van der Waals surface area contributed by atoms with Crippen molar-refractivity contribution >= 4 is 52.1 Å². The van der Waals surface area contributed by atoms with Crippen molar-refractivity contribution in [1.82, 2.24) is 9.88 Å². The molecule has 41 heavy (non-hydrogen) atoms. The van der Waals surface area contributed by atoms with Gasteiger partial charge in [0.2, 0.25) is 0 Å². The molecular formula is C31H37N5O3S2. The predicted octanol–water partition coefficient (Wildman–Crippen LogP) is 5.16. The summed E-state index contributed by atoms with van der Waals surface area (Å²) in [6.07, 6.45) is 3.86. The minimum absolute atomic E-state index is 0.0755. The lowest BCUT2D eigenvalue weighted by Gasteiger charge is -2.44. The standard InChI is InChI=1S/C31H37N5O3S2/c1-3-39-14-6-13-32-30(38)22-11-12-28(26(16-22)34-31(40)33-24-7-4-8-25(17-24)41-2)35-18-21-15-23(20-35)27-9-5-10-29(37)36(27)19-21/h4-5,7-12,16-17,21,23H,3,6,13-15,18-20H2,1-2H3,(H,32,38)(H2,33,34,40)/t21-,23+/m1/s1. The van der Waals surface area contributed by atoms with E-state index in [1.807, 2.05) is 54.1 Å². The van der Waals surface area contributed by atoms with Crippen molar-refractivity contribution in [1.29, 1.82) is 0 Å². The van der Waals surface area contributed by atoms with Gasteiger partial charge in [-0.2, -0.15) is 0 Å². The predicted molar refractivity (Wildman–Crippen MR) is 172 cm³/mol. The second-order valence-electron chi connectivity index (χ2n) is 10.5. The topological polar surface area (TPSA) is 87.6 Å². The van der Waals surface area contributed by atoms with Crippen molar-refractivity contribution in [3.05, 3.63) is 82.3 Å². The number of rotatable bonds is 10. The highest BCUT2D eigenvalue weighted by Crippen LogP contribution is 2.39. The van der Waals surface area contributed by atoms with Crippen LogP contribution < -0.4 is 26.4 Å². The number of benzene rings is 2. The summed E-state index contributed by atoms with van der Waals surface area (Å²) < 4.78 is 7.32. The third kappa shape index (κ3) is 7.12. The van der Waals surface area contributed by atoms with Crippen molar-refractivity contribution in [2.45, 2.75) is 37.1 Å². The van der Waals surface area contributed by atoms with Crippen LogP contribution in [0.1, 0.15) is 41.7 Å². The molecule has 0 spiro atoms. The van der Waals surface area contributed by atoms with Gasteiger partial charge in [0.25, 0.3) is 11.5 Å². The quantitative estimate of drug-likeness (QED) is 0.169. The molecule has 3 aromatic rings. The molecule has 1 fully saturated rings. The van der Waals surface area contributed by atoms with Crippen LogP contribution in [0.2, 0.25) is 0 Å². The number of carbonyl (C=O) groups is 1. The van der Waals surface area contributed by atoms with Crippen molar-refractivity contribution < 1.29 is 9.53 Å². The van der Waals surface area contributed by atoms with E-state index in [-0.39, 0.29) is 17.4 Å². The van der Waals surface area contributed by atoms with Gasteiger partial charge in [-0.3, -0.25) is 9.59 Å². The minimum Gasteiger partial charge on any atom is -0.382 e. The number of nitrogens with zero attached hydrogens (tertiary/aromatic N) is 2. The average molecular weight is 592 g/mol. The van der Waals surface area contributed by atoms with Gasteiger partial charge >= 0.3 is 0 Å². The molecule has 3 heterocycles. The van der Waals surface area contributed by atoms with E-state index in [0.29, 0.717) is 36.4 Å². The van der Waals surface area contributed by atoms with Gasteiger partial charge in [-0.1, -0.05) is 12.1 Å². The largest absolute Gasteiger partial charge is 0.382 e. The Labute approximate surface area is 250 Å². The van der Waals surface area contributed by atoms with Crippen LogP contribution in [-0.2, 0) is 11.3 Å². The van der Waals surface area contributed by atoms with Gasteiger partial charge < -0.3 is 30.2 Å². The molecule has 2 aliphatic heterocycles. The van der Waals surface area contributed by atoms with Gasteiger partial charge in [0.05, 0.1) is 11.4 Å². The Bertz CT molecular complexity index is 1460. The fourth-order valence-corrected chi connectivity index (χ4v) is 6.44. The van der Waals surface area contributed by atoms with Crippen LogP contribution in [0.3, 0.4) is 0 Å². The molecule has 2 atom stereocenters. The first-order valence-electron chi connectivity index (χ1n) is 14.1. The molecule has 1 amide bonds. The number of fused-ring (bicyclic) bond motifs is 4. The molecule has 0 saturated carbocycles. The number of hydrogen-bond donors (Lipinski definition) is 3. The van der Waals surface area contributed by atoms with Crippen LogP contribution in [0, 0.1) is 5.92 Å². The summed E-state index contributed by atoms with van der Waals surface area (Å²) in [7, 11) is 0. The van der Waals surface area contributed by atoms with E-state index in [1.54, 1.807) is 17.8 Å². The molecule has 0 unspecified atom stereocenters. The molecule has 1 aromatic heterocycles. The molecule has 8 nitrogen and oxygen atoms in total. The second-order valence-corrected chi connectivity index (χ2v) is 11.7. The molecule has 2 bridgehead atoms. The summed E-state index contributed by atoms with van der Waals surface area (Å²) in [5.41, 5.74) is 4.40. The number of hydrogen-bond acceptors (Lipinski definition) is 6. The first-order chi connectivity index (χ1) is 19.9. The number of nitrogens with one attached hydrogen (secondary N) is 3. The lowest BCUT2D eigenvalue weighted by atomic mass is 9.83. The lowest BCUT2D eigenvalue weighted by molar-refractivity contribution is 0.0944. The van der Waals surface area contributed by atoms with E-state index in [0.717, 1.165) is 60.1 Å². The van der Waals surface area contributed by atoms with Crippen molar-refractivity contribution in [3.63, 3.8) is 0 Å². The summed E-state index contributed by atoms with van der Waals surface area (Å²) in [5.74, 6) is 0.491. The Kier molecular flexibility index (Phi) is 9.64. The summed E-state index contributed by atoms with van der Waals surface area (Å²) in [6.45, 7) is 6.12. The Balaban J connectivity index is 1.38. The third-order valence-corrected chi connectivity index (χ3v) is 8.54. The van der Waals surface area contributed by atoms with Gasteiger partial charge in [0, 0.05) is 73.2 Å². The summed E-state index contributed by atoms with van der Waals surface area (Å²) in [5, 5.41) is 10.1. The highest BCUT2D eigenvalue weighted by molar-refractivity contribution is 7.98. The summed E-state index contributed by atoms with van der Waals surface area (Å²) in [6, 6.07) is 19.4. The number of ether oxygens (including phenoxy) is 1. The molecule has 0 radical (unpaired) electrons. The summed E-state index contributed by atoms with van der Waals surface area (Å²) >= 11 is 7.40. The average Bonchev–Trinajstić information content (AvgIpc) is 2.97. The maximum Gasteiger partial charge on any atom is 0.251 e. The van der Waals surface area contributed by atoms with Gasteiger partial charge in [-0.05, 0) is 86.6 Å². The Hall–Kier alpha value is -3.34. The normalized spacial score (nSPS) is 17.5. The minimum atomic E-state index is -0.133. The Morgan fingerprint density at radius 1 is 1.07 bits per heavy atom. The molecule has 0 aliphatic carbocycles. The lowest BCUT2D eigenvalue weighted by Crippen LogP contribution is -2.47. The van der Waals surface area contributed by atoms with Crippen LogP contribution in [0.4, 0.5) is 17.1 Å². The van der Waals surface area contributed by atoms with E-state index in [2.05, 4.69) is 39.0 Å². The zero-order chi connectivity index (χ0) is 28.8. The van der Waals surface area contributed by atoms with E-state index >= 15 is 0 Å². The molecule has 5 rings (SSSR count). The number of thioether (sulfide) groups is 1.